The van der Waals surface area contributed by atoms with E-state index in [0.29, 0.717) is 0 Å². The number of nitrogens with two attached hydrogens (primary N) is 1. The average molecular weight is 503 g/mol. The molecule has 2 rings (SSSR count). The largest absolute Gasteiger partial charge is 0.485 e. The number of hydrogen-bond donors (Lipinski definition) is 3. The number of carbonyl (C=O) groups is 1. The van der Waals surface area contributed by atoms with Crippen LogP contribution in [0.15, 0.2) is 35.3 Å². The summed E-state index contributed by atoms with van der Waals surface area (Å²) in [6.07, 6.45) is -7.90. The van der Waals surface area contributed by atoms with Gasteiger partial charge in [-0.2, -0.15) is 13.2 Å². The molecule has 6 nitrogen and oxygen atoms in total. The minimum absolute atomic E-state index is 0.0104. The Labute approximate surface area is 187 Å². The maximum atomic E-state index is 14.5. The lowest BCUT2D eigenvalue weighted by Gasteiger charge is -2.14. The van der Waals surface area contributed by atoms with Crippen LogP contribution in [0.1, 0.15) is 5.56 Å². The zero-order valence-electron chi connectivity index (χ0n) is 15.7. The summed E-state index contributed by atoms with van der Waals surface area (Å²) in [5, 5.41) is 0.102. The summed E-state index contributed by atoms with van der Waals surface area (Å²) < 4.78 is 80.9. The molecule has 0 radical (unpaired) electrons. The van der Waals surface area contributed by atoms with E-state index in [1.54, 1.807) is 5.43 Å². The summed E-state index contributed by atoms with van der Waals surface area (Å²) in [6, 6.07) is 6.35. The molecule has 0 saturated heterocycles. The Hall–Kier alpha value is -2.86. The van der Waals surface area contributed by atoms with Crippen molar-refractivity contribution in [3.8, 4) is 16.9 Å². The van der Waals surface area contributed by atoms with Crippen LogP contribution in [0.25, 0.3) is 11.1 Å². The molecule has 14 heteroatoms. The van der Waals surface area contributed by atoms with Gasteiger partial charge in [-0.15, -0.1) is 0 Å². The fourth-order valence-corrected chi connectivity index (χ4v) is 2.86. The first-order valence-electron chi connectivity index (χ1n) is 8.50. The van der Waals surface area contributed by atoms with Crippen LogP contribution in [-0.4, -0.2) is 31.1 Å². The lowest BCUT2D eigenvalue weighted by Crippen LogP contribution is -2.50. The van der Waals surface area contributed by atoms with Crippen LogP contribution in [-0.2, 0) is 11.3 Å². The number of rotatable bonds is 6. The summed E-state index contributed by atoms with van der Waals surface area (Å²) in [5.41, 5.74) is 8.70. The Bertz CT molecular complexity index is 1020. The molecular formula is C18H14Cl2F6N4O2. The molecule has 0 fully saturated rings. The first kappa shape index (κ1) is 25.4. The molecule has 32 heavy (non-hydrogen) atoms. The highest BCUT2D eigenvalue weighted by Gasteiger charge is 2.38. The zero-order valence-corrected chi connectivity index (χ0v) is 17.3. The minimum atomic E-state index is -5.13. The van der Waals surface area contributed by atoms with Crippen LogP contribution < -0.4 is 21.3 Å². The summed E-state index contributed by atoms with van der Waals surface area (Å²) in [7, 11) is 0. The second-order valence-corrected chi connectivity index (χ2v) is 6.89. The third-order valence-electron chi connectivity index (χ3n) is 3.71. The third kappa shape index (κ3) is 7.09. The van der Waals surface area contributed by atoms with E-state index in [0.717, 1.165) is 6.07 Å². The number of benzene rings is 2. The maximum Gasteiger partial charge on any atom is 0.472 e. The van der Waals surface area contributed by atoms with Gasteiger partial charge >= 0.3 is 12.1 Å². The van der Waals surface area contributed by atoms with Crippen molar-refractivity contribution in [3.63, 3.8) is 0 Å². The van der Waals surface area contributed by atoms with Crippen LogP contribution in [0.4, 0.5) is 26.3 Å². The normalized spacial score (nSPS) is 12.1. The Morgan fingerprint density at radius 3 is 2.44 bits per heavy atom. The number of guanidine groups is 1. The Morgan fingerprint density at radius 1 is 1.16 bits per heavy atom. The second kappa shape index (κ2) is 10.6. The summed E-state index contributed by atoms with van der Waals surface area (Å²) in [4.78, 5) is 14.3. The van der Waals surface area contributed by atoms with Crippen molar-refractivity contribution >= 4 is 35.1 Å². The Kier molecular flexibility index (Phi) is 8.44. The topological polar surface area (TPSA) is 88.7 Å². The van der Waals surface area contributed by atoms with Crippen molar-refractivity contribution in [2.45, 2.75) is 19.1 Å². The smallest absolute Gasteiger partial charge is 0.472 e. The highest BCUT2D eigenvalue weighted by atomic mass is 35.5. The molecule has 0 bridgehead atoms. The molecule has 1 amide bonds. The highest BCUT2D eigenvalue weighted by Crippen LogP contribution is 2.39. The molecule has 0 atom stereocenters. The van der Waals surface area contributed by atoms with Gasteiger partial charge in [-0.1, -0.05) is 35.3 Å². The number of nitrogens with zero attached hydrogens (tertiary/aromatic N) is 1. The average Bonchev–Trinajstić information content (AvgIpc) is 2.68. The molecule has 2 aromatic carbocycles. The number of ether oxygens (including phenoxy) is 1. The fraction of sp³-hybridized carbons (Fsp3) is 0.222. The monoisotopic (exact) mass is 502 g/mol. The summed E-state index contributed by atoms with van der Waals surface area (Å²) in [5.74, 6) is -3.81. The number of hydrogen-bond acceptors (Lipinski definition) is 3. The lowest BCUT2D eigenvalue weighted by molar-refractivity contribution is -0.174. The molecule has 4 N–H and O–H groups in total. The maximum absolute atomic E-state index is 14.5. The molecule has 0 aliphatic carbocycles. The van der Waals surface area contributed by atoms with Crippen molar-refractivity contribution < 1.29 is 35.9 Å². The van der Waals surface area contributed by atoms with E-state index in [1.807, 2.05) is 0 Å². The second-order valence-electron chi connectivity index (χ2n) is 6.05. The number of carbonyl (C=O) groups excluding carboxylic acids is 1. The van der Waals surface area contributed by atoms with Gasteiger partial charge in [0.2, 0.25) is 5.96 Å². The van der Waals surface area contributed by atoms with Gasteiger partial charge in [0.1, 0.15) is 18.2 Å². The van der Waals surface area contributed by atoms with Crippen molar-refractivity contribution in [1.82, 2.24) is 10.9 Å². The third-order valence-corrected chi connectivity index (χ3v) is 4.21. The molecular weight excluding hydrogens is 489 g/mol. The van der Waals surface area contributed by atoms with Crippen molar-refractivity contribution in [3.05, 3.63) is 51.8 Å². The number of nitrogens with one attached hydrogen (secondary N) is 2. The summed E-state index contributed by atoms with van der Waals surface area (Å²) >= 11 is 12.0. The van der Waals surface area contributed by atoms with Gasteiger partial charge in [0.25, 0.3) is 6.43 Å². The van der Waals surface area contributed by atoms with E-state index in [1.165, 1.54) is 29.7 Å². The van der Waals surface area contributed by atoms with Crippen molar-refractivity contribution in [1.29, 1.82) is 0 Å². The molecule has 0 heterocycles. The van der Waals surface area contributed by atoms with E-state index in [4.69, 9.17) is 33.7 Å². The quantitative estimate of drug-likeness (QED) is 0.236. The minimum Gasteiger partial charge on any atom is -0.485 e. The first-order chi connectivity index (χ1) is 14.9. The van der Waals surface area contributed by atoms with Gasteiger partial charge in [-0.3, -0.25) is 15.6 Å². The number of aliphatic imine (C=N–C) groups is 1. The number of alkyl halides is 5. The molecule has 0 aromatic heterocycles. The van der Waals surface area contributed by atoms with E-state index in [2.05, 4.69) is 4.99 Å². The van der Waals surface area contributed by atoms with Crippen molar-refractivity contribution in [2.24, 2.45) is 10.7 Å². The van der Waals surface area contributed by atoms with E-state index < -0.39 is 43.4 Å². The molecule has 174 valence electrons. The predicted molar refractivity (Wildman–Crippen MR) is 106 cm³/mol. The highest BCUT2D eigenvalue weighted by molar-refractivity contribution is 6.36. The fourth-order valence-electron chi connectivity index (χ4n) is 2.31. The molecule has 0 spiro atoms. The van der Waals surface area contributed by atoms with Crippen LogP contribution in [0.5, 0.6) is 5.75 Å². The van der Waals surface area contributed by atoms with Gasteiger partial charge in [0, 0.05) is 16.1 Å². The SMILES string of the molecule is NC(=NCc1ccc(-c2cc(Cl)cc(Cl)c2OCC(F)F)cc1F)NNC(=O)C(F)(F)F. The van der Waals surface area contributed by atoms with Gasteiger partial charge < -0.3 is 10.5 Å². The van der Waals surface area contributed by atoms with Crippen LogP contribution in [0.2, 0.25) is 10.0 Å². The molecule has 2 aromatic rings. The zero-order chi connectivity index (χ0) is 24.1. The van der Waals surface area contributed by atoms with Gasteiger partial charge in [-0.25, -0.2) is 18.2 Å². The predicted octanol–water partition coefficient (Wildman–Crippen LogP) is 4.44. The van der Waals surface area contributed by atoms with Crippen molar-refractivity contribution in [2.75, 3.05) is 6.61 Å². The van der Waals surface area contributed by atoms with Gasteiger partial charge in [0.05, 0.1) is 11.6 Å². The summed E-state index contributed by atoms with van der Waals surface area (Å²) in [6.45, 7) is -1.33. The van der Waals surface area contributed by atoms with Crippen LogP contribution in [0, 0.1) is 5.82 Å². The van der Waals surface area contributed by atoms with Gasteiger partial charge in [0.15, 0.2) is 0 Å². The van der Waals surface area contributed by atoms with Crippen LogP contribution >= 0.6 is 23.2 Å². The van der Waals surface area contributed by atoms with Gasteiger partial charge in [-0.05, 0) is 23.8 Å². The van der Waals surface area contributed by atoms with Crippen LogP contribution in [0.3, 0.4) is 0 Å². The molecule has 0 aliphatic rings. The molecule has 0 saturated carbocycles. The Morgan fingerprint density at radius 2 is 1.84 bits per heavy atom. The molecule has 0 aliphatic heterocycles. The van der Waals surface area contributed by atoms with E-state index in [-0.39, 0.29) is 32.5 Å². The number of hydrazine groups is 1. The number of halogens is 8. The first-order valence-corrected chi connectivity index (χ1v) is 9.26. The lowest BCUT2D eigenvalue weighted by atomic mass is 10.0. The standard InChI is InChI=1S/C18H14Cl2F6N4O2/c19-10-4-11(15(12(20)5-10)32-7-14(22)23)8-1-2-9(13(21)3-8)6-28-17(27)30-29-16(31)18(24,25)26/h1-5,14H,6-7H2,(H,29,31)(H3,27,28,30). The number of amides is 1. The molecule has 0 unspecified atom stereocenters. The van der Waals surface area contributed by atoms with E-state index >= 15 is 0 Å². The van der Waals surface area contributed by atoms with E-state index in [9.17, 15) is 31.1 Å². The Balaban J connectivity index is 2.20.